The van der Waals surface area contributed by atoms with E-state index in [0.29, 0.717) is 0 Å². The van der Waals surface area contributed by atoms with E-state index in [1.54, 1.807) is 0 Å². The quantitative estimate of drug-likeness (QED) is 0.511. The molecule has 0 saturated carbocycles. The van der Waals surface area contributed by atoms with Crippen molar-refractivity contribution in [3.63, 3.8) is 0 Å². The van der Waals surface area contributed by atoms with Crippen LogP contribution in [0, 0.1) is 6.92 Å². The number of rotatable bonds is 4. The summed E-state index contributed by atoms with van der Waals surface area (Å²) in [6, 6.07) is 27.5. The first-order valence-corrected chi connectivity index (χ1v) is 8.39. The minimum absolute atomic E-state index is 0.924. The number of aromatic nitrogens is 2. The van der Waals surface area contributed by atoms with Gasteiger partial charge in [-0.3, -0.25) is 4.57 Å². The number of hydrogen-bond acceptors (Lipinski definition) is 1. The van der Waals surface area contributed by atoms with Crippen LogP contribution in [0.4, 0.5) is 0 Å². The lowest BCUT2D eigenvalue weighted by Gasteiger charge is -2.12. The van der Waals surface area contributed by atoms with E-state index in [1.165, 1.54) is 22.3 Å². The van der Waals surface area contributed by atoms with Gasteiger partial charge in [-0.2, -0.15) is 0 Å². The van der Waals surface area contributed by atoms with Gasteiger partial charge in [-0.25, -0.2) is 4.98 Å². The van der Waals surface area contributed by atoms with Gasteiger partial charge in [0.1, 0.15) is 5.82 Å². The van der Waals surface area contributed by atoms with Gasteiger partial charge in [0.05, 0.1) is 16.7 Å². The molecule has 3 aromatic carbocycles. The summed E-state index contributed by atoms with van der Waals surface area (Å²) in [4.78, 5) is 4.91. The van der Waals surface area contributed by atoms with Gasteiger partial charge in [-0.05, 0) is 42.7 Å². The van der Waals surface area contributed by atoms with E-state index >= 15 is 0 Å². The zero-order chi connectivity index (χ0) is 16.4. The normalized spacial score (nSPS) is 11.0. The highest BCUT2D eigenvalue weighted by molar-refractivity contribution is 5.78. The Balaban J connectivity index is 1.80. The SMILES string of the molecule is Cc1ccccc1-n1c(CCc2ccccc2)nc2ccccc21. The van der Waals surface area contributed by atoms with E-state index < -0.39 is 0 Å². The van der Waals surface area contributed by atoms with E-state index in [1.807, 2.05) is 0 Å². The summed E-state index contributed by atoms with van der Waals surface area (Å²) in [7, 11) is 0. The molecule has 0 saturated heterocycles. The Labute approximate surface area is 142 Å². The third-order valence-corrected chi connectivity index (χ3v) is 4.47. The average Bonchev–Trinajstić information content (AvgIpc) is 2.99. The molecule has 24 heavy (non-hydrogen) atoms. The van der Waals surface area contributed by atoms with Crippen molar-refractivity contribution in [3.8, 4) is 5.69 Å². The highest BCUT2D eigenvalue weighted by Crippen LogP contribution is 2.24. The zero-order valence-electron chi connectivity index (χ0n) is 13.8. The van der Waals surface area contributed by atoms with Crippen molar-refractivity contribution in [2.75, 3.05) is 0 Å². The molecule has 0 N–H and O–H groups in total. The fourth-order valence-corrected chi connectivity index (χ4v) is 3.23. The second kappa shape index (κ2) is 6.32. The van der Waals surface area contributed by atoms with Crippen LogP contribution in [0.5, 0.6) is 0 Å². The standard InChI is InChI=1S/C22H20N2/c1-17-9-5-7-13-20(17)24-21-14-8-6-12-19(21)23-22(24)16-15-18-10-3-2-4-11-18/h2-14H,15-16H2,1H3. The molecule has 0 aliphatic carbocycles. The molecule has 0 fully saturated rings. The topological polar surface area (TPSA) is 17.8 Å². The first-order chi connectivity index (χ1) is 11.8. The summed E-state index contributed by atoms with van der Waals surface area (Å²) >= 11 is 0. The third-order valence-electron chi connectivity index (χ3n) is 4.47. The summed E-state index contributed by atoms with van der Waals surface area (Å²) in [5.74, 6) is 1.12. The second-order valence-electron chi connectivity index (χ2n) is 6.12. The Bertz CT molecular complexity index is 968. The zero-order valence-corrected chi connectivity index (χ0v) is 13.8. The van der Waals surface area contributed by atoms with E-state index in [-0.39, 0.29) is 0 Å². The van der Waals surface area contributed by atoms with E-state index in [9.17, 15) is 0 Å². The Morgan fingerprint density at radius 1 is 0.750 bits per heavy atom. The molecular formula is C22H20N2. The first-order valence-electron chi connectivity index (χ1n) is 8.39. The lowest BCUT2D eigenvalue weighted by atomic mass is 10.1. The Kier molecular flexibility index (Phi) is 3.87. The molecule has 0 unspecified atom stereocenters. The highest BCUT2D eigenvalue weighted by Gasteiger charge is 2.13. The summed E-state index contributed by atoms with van der Waals surface area (Å²) in [5, 5.41) is 0. The molecule has 0 spiro atoms. The smallest absolute Gasteiger partial charge is 0.114 e. The predicted molar refractivity (Wildman–Crippen MR) is 99.7 cm³/mol. The van der Waals surface area contributed by atoms with Crippen LogP contribution in [-0.2, 0) is 12.8 Å². The van der Waals surface area contributed by atoms with Gasteiger partial charge in [0.15, 0.2) is 0 Å². The van der Waals surface area contributed by atoms with Crippen LogP contribution in [0.15, 0.2) is 78.9 Å². The molecule has 1 heterocycles. The van der Waals surface area contributed by atoms with Crippen molar-refractivity contribution in [2.45, 2.75) is 19.8 Å². The predicted octanol–water partition coefficient (Wildman–Crippen LogP) is 5.12. The van der Waals surface area contributed by atoms with Gasteiger partial charge in [0.2, 0.25) is 0 Å². The molecule has 0 radical (unpaired) electrons. The molecule has 0 aliphatic rings. The number of aryl methyl sites for hydroxylation is 3. The van der Waals surface area contributed by atoms with E-state index in [4.69, 9.17) is 4.98 Å². The fraction of sp³-hybridized carbons (Fsp3) is 0.136. The van der Waals surface area contributed by atoms with Gasteiger partial charge in [-0.1, -0.05) is 60.7 Å². The van der Waals surface area contributed by atoms with Crippen LogP contribution >= 0.6 is 0 Å². The Morgan fingerprint density at radius 3 is 2.29 bits per heavy atom. The lowest BCUT2D eigenvalue weighted by molar-refractivity contribution is 0.836. The lowest BCUT2D eigenvalue weighted by Crippen LogP contribution is -2.04. The average molecular weight is 312 g/mol. The molecule has 1 aromatic heterocycles. The van der Waals surface area contributed by atoms with Crippen molar-refractivity contribution in [1.29, 1.82) is 0 Å². The van der Waals surface area contributed by atoms with Crippen LogP contribution in [0.3, 0.4) is 0 Å². The van der Waals surface area contributed by atoms with Crippen molar-refractivity contribution >= 4 is 11.0 Å². The molecular weight excluding hydrogens is 292 g/mol. The van der Waals surface area contributed by atoms with Gasteiger partial charge < -0.3 is 0 Å². The molecule has 0 amide bonds. The summed E-state index contributed by atoms with van der Waals surface area (Å²) in [6.45, 7) is 2.16. The number of fused-ring (bicyclic) bond motifs is 1. The molecule has 118 valence electrons. The summed E-state index contributed by atoms with van der Waals surface area (Å²) in [5.41, 5.74) is 6.07. The highest BCUT2D eigenvalue weighted by atomic mass is 15.1. The van der Waals surface area contributed by atoms with Crippen LogP contribution in [0.25, 0.3) is 16.7 Å². The maximum Gasteiger partial charge on any atom is 0.114 e. The van der Waals surface area contributed by atoms with Gasteiger partial charge >= 0.3 is 0 Å². The van der Waals surface area contributed by atoms with Gasteiger partial charge in [0.25, 0.3) is 0 Å². The third kappa shape index (κ3) is 2.71. The number of benzene rings is 3. The summed E-state index contributed by atoms with van der Waals surface area (Å²) in [6.07, 6.45) is 1.92. The van der Waals surface area contributed by atoms with Crippen LogP contribution < -0.4 is 0 Å². The summed E-state index contributed by atoms with van der Waals surface area (Å²) < 4.78 is 2.31. The number of hydrogen-bond donors (Lipinski definition) is 0. The molecule has 0 atom stereocenters. The molecule has 4 rings (SSSR count). The van der Waals surface area contributed by atoms with Crippen molar-refractivity contribution in [1.82, 2.24) is 9.55 Å². The Morgan fingerprint density at radius 2 is 1.46 bits per heavy atom. The monoisotopic (exact) mass is 312 g/mol. The van der Waals surface area contributed by atoms with Gasteiger partial charge in [0, 0.05) is 6.42 Å². The van der Waals surface area contributed by atoms with Crippen LogP contribution in [-0.4, -0.2) is 9.55 Å². The number of nitrogens with zero attached hydrogens (tertiary/aromatic N) is 2. The van der Waals surface area contributed by atoms with Crippen LogP contribution in [0.1, 0.15) is 17.0 Å². The van der Waals surface area contributed by atoms with E-state index in [0.717, 1.165) is 24.2 Å². The maximum atomic E-state index is 4.91. The minimum atomic E-state index is 0.924. The maximum absolute atomic E-state index is 4.91. The molecule has 0 aliphatic heterocycles. The largest absolute Gasteiger partial charge is 0.296 e. The van der Waals surface area contributed by atoms with Gasteiger partial charge in [-0.15, -0.1) is 0 Å². The first kappa shape index (κ1) is 14.7. The molecule has 2 heteroatoms. The van der Waals surface area contributed by atoms with Crippen molar-refractivity contribution < 1.29 is 0 Å². The minimum Gasteiger partial charge on any atom is -0.296 e. The van der Waals surface area contributed by atoms with E-state index in [2.05, 4.69) is 90.4 Å². The number of para-hydroxylation sites is 3. The van der Waals surface area contributed by atoms with Crippen molar-refractivity contribution in [2.24, 2.45) is 0 Å². The Hall–Kier alpha value is -2.87. The molecule has 4 aromatic rings. The molecule has 2 nitrogen and oxygen atoms in total. The fourth-order valence-electron chi connectivity index (χ4n) is 3.23. The van der Waals surface area contributed by atoms with Crippen LogP contribution in [0.2, 0.25) is 0 Å². The molecule has 0 bridgehead atoms. The van der Waals surface area contributed by atoms with Crippen molar-refractivity contribution in [3.05, 3.63) is 95.8 Å². The number of imidazole rings is 1. The second-order valence-corrected chi connectivity index (χ2v) is 6.12.